The Bertz CT molecular complexity index is 560. The molecule has 1 N–H and O–H groups in total. The van der Waals surface area contributed by atoms with Gasteiger partial charge in [-0.1, -0.05) is 11.6 Å². The van der Waals surface area contributed by atoms with Crippen LogP contribution in [0.15, 0.2) is 12.1 Å². The molecule has 0 heterocycles. The van der Waals surface area contributed by atoms with Gasteiger partial charge in [-0.25, -0.2) is 0 Å². The lowest BCUT2D eigenvalue weighted by atomic mass is 9.83. The number of hydrogen-bond acceptors (Lipinski definition) is 1. The maximum atomic E-state index is 13.3. The number of carbonyl (C=O) groups is 1. The van der Waals surface area contributed by atoms with Crippen molar-refractivity contribution in [2.45, 2.75) is 59.0 Å². The van der Waals surface area contributed by atoms with E-state index in [1.165, 1.54) is 6.42 Å². The van der Waals surface area contributed by atoms with Crippen molar-refractivity contribution < 1.29 is 4.79 Å². The zero-order valence-electron chi connectivity index (χ0n) is 15.0. The van der Waals surface area contributed by atoms with Gasteiger partial charge in [0.25, 0.3) is 5.91 Å². The van der Waals surface area contributed by atoms with Crippen molar-refractivity contribution in [2.75, 3.05) is 17.6 Å². The molecule has 1 saturated carbocycles. The monoisotopic (exact) mass is 353 g/mol. The second-order valence-corrected chi connectivity index (χ2v) is 11.8. The molecule has 0 bridgehead atoms. The maximum absolute atomic E-state index is 13.3. The molecule has 2 rings (SSSR count). The first-order chi connectivity index (χ1) is 10.9. The molecule has 2 nitrogen and oxygen atoms in total. The van der Waals surface area contributed by atoms with Crippen LogP contribution in [0.3, 0.4) is 0 Å². The lowest BCUT2D eigenvalue weighted by molar-refractivity contribution is -0.120. The molecule has 0 aliphatic heterocycles. The number of benzene rings is 1. The number of nitrogens with one attached hydrogen (secondary N) is 1. The van der Waals surface area contributed by atoms with Gasteiger partial charge in [0.2, 0.25) is 0 Å². The summed E-state index contributed by atoms with van der Waals surface area (Å²) in [5.74, 6) is 0.229. The lowest BCUT2D eigenvalue weighted by Gasteiger charge is -2.53. The van der Waals surface area contributed by atoms with Crippen LogP contribution >= 0.6 is 18.9 Å². The Hall–Kier alpha value is -0.590. The summed E-state index contributed by atoms with van der Waals surface area (Å²) in [5.41, 5.74) is 3.01. The third-order valence-electron chi connectivity index (χ3n) is 5.81. The molecule has 1 aliphatic rings. The molecule has 1 aromatic carbocycles. The molecule has 0 spiro atoms. The number of carbonyl (C=O) groups excluding carboxylic acids is 1. The van der Waals surface area contributed by atoms with Crippen LogP contribution in [0.2, 0.25) is 5.02 Å². The minimum absolute atomic E-state index is 0.149. The minimum atomic E-state index is -1.37. The van der Waals surface area contributed by atoms with E-state index in [9.17, 15) is 4.79 Å². The van der Waals surface area contributed by atoms with Gasteiger partial charge in [0.1, 0.15) is 5.16 Å². The molecule has 0 atom stereocenters. The fourth-order valence-corrected chi connectivity index (χ4v) is 9.04. The highest BCUT2D eigenvalue weighted by molar-refractivity contribution is 7.80. The first-order valence-electron chi connectivity index (χ1n) is 8.61. The highest BCUT2D eigenvalue weighted by Gasteiger charge is 2.58. The molecule has 1 aliphatic carbocycles. The standard InChI is InChI=1S/C19H29ClNOP/c1-6-23(7-2,8-3)19(10-9-11-19)18(22)21-17-14(4)12-16(20)13-15(17)5/h6,12-13H,7-11H2,1-5H3,(H,21,22). The zero-order chi connectivity index (χ0) is 17.3. The van der Waals surface area contributed by atoms with E-state index < -0.39 is 7.26 Å². The van der Waals surface area contributed by atoms with Gasteiger partial charge in [-0.05, 0) is 70.2 Å². The summed E-state index contributed by atoms with van der Waals surface area (Å²) in [6.07, 6.45) is 7.85. The van der Waals surface area contributed by atoms with E-state index in [1.54, 1.807) is 0 Å². The van der Waals surface area contributed by atoms with Gasteiger partial charge < -0.3 is 5.32 Å². The highest BCUT2D eigenvalue weighted by Crippen LogP contribution is 2.76. The molecule has 1 fully saturated rings. The molecule has 0 saturated heterocycles. The summed E-state index contributed by atoms with van der Waals surface area (Å²) in [6, 6.07) is 3.84. The molecular weight excluding hydrogens is 325 g/mol. The van der Waals surface area contributed by atoms with Crippen LogP contribution in [0.25, 0.3) is 0 Å². The molecule has 128 valence electrons. The van der Waals surface area contributed by atoms with Gasteiger partial charge in [0.05, 0.1) is 0 Å². The van der Waals surface area contributed by atoms with Crippen LogP contribution in [0, 0.1) is 20.0 Å². The number of anilines is 1. The van der Waals surface area contributed by atoms with Gasteiger partial charge in [0, 0.05) is 23.0 Å². The summed E-state index contributed by atoms with van der Waals surface area (Å²) in [4.78, 5) is 13.3. The SMILES string of the molecule is C[CH-][P+](CC)(CC)C1(C(=O)Nc2c(C)cc(Cl)cc2C)CCC1. The van der Waals surface area contributed by atoms with Gasteiger partial charge in [0.15, 0.2) is 0 Å². The maximum Gasteiger partial charge on any atom is 0.265 e. The van der Waals surface area contributed by atoms with Gasteiger partial charge in [-0.3, -0.25) is 4.79 Å². The normalized spacial score (nSPS) is 16.8. The molecule has 4 heteroatoms. The van der Waals surface area contributed by atoms with Crippen LogP contribution in [0.5, 0.6) is 0 Å². The number of hydrogen-bond donors (Lipinski definition) is 1. The zero-order valence-corrected chi connectivity index (χ0v) is 16.7. The van der Waals surface area contributed by atoms with E-state index in [0.717, 1.165) is 47.0 Å². The van der Waals surface area contributed by atoms with Crippen molar-refractivity contribution in [3.8, 4) is 0 Å². The molecule has 1 aromatic rings. The predicted octanol–water partition coefficient (Wildman–Crippen LogP) is 6.06. The highest BCUT2D eigenvalue weighted by atomic mass is 35.5. The summed E-state index contributed by atoms with van der Waals surface area (Å²) in [5, 5.41) is 3.84. The van der Waals surface area contributed by atoms with E-state index in [4.69, 9.17) is 11.6 Å². The molecule has 0 unspecified atom stereocenters. The third-order valence-corrected chi connectivity index (χ3v) is 11.6. The van der Waals surface area contributed by atoms with Crippen LogP contribution < -0.4 is 5.32 Å². The van der Waals surface area contributed by atoms with Crippen LogP contribution in [-0.2, 0) is 4.79 Å². The second-order valence-electron chi connectivity index (χ2n) is 6.68. The minimum Gasteiger partial charge on any atom is -0.322 e. The molecule has 0 radical (unpaired) electrons. The number of aryl methyl sites for hydroxylation is 2. The van der Waals surface area contributed by atoms with Crippen molar-refractivity contribution >= 4 is 30.5 Å². The van der Waals surface area contributed by atoms with Gasteiger partial charge in [-0.15, -0.1) is 7.26 Å². The summed E-state index contributed by atoms with van der Waals surface area (Å²) in [6.45, 7) is 10.7. The van der Waals surface area contributed by atoms with Crippen LogP contribution in [-0.4, -0.2) is 23.4 Å². The first-order valence-corrected chi connectivity index (χ1v) is 11.2. The molecule has 23 heavy (non-hydrogen) atoms. The van der Waals surface area contributed by atoms with Crippen molar-refractivity contribution in [1.29, 1.82) is 0 Å². The fourth-order valence-electron chi connectivity index (χ4n) is 4.17. The van der Waals surface area contributed by atoms with Crippen LogP contribution in [0.4, 0.5) is 5.69 Å². The Morgan fingerprint density at radius 3 is 2.13 bits per heavy atom. The number of amides is 1. The summed E-state index contributed by atoms with van der Waals surface area (Å²) >= 11 is 6.11. The van der Waals surface area contributed by atoms with Crippen molar-refractivity contribution in [1.82, 2.24) is 0 Å². The van der Waals surface area contributed by atoms with E-state index in [2.05, 4.69) is 32.2 Å². The van der Waals surface area contributed by atoms with Gasteiger partial charge in [-0.2, -0.15) is 13.1 Å². The second kappa shape index (κ2) is 7.11. The van der Waals surface area contributed by atoms with Gasteiger partial charge >= 0.3 is 0 Å². The van der Waals surface area contributed by atoms with Crippen LogP contribution in [0.1, 0.15) is 51.2 Å². The Morgan fingerprint density at radius 2 is 1.78 bits per heavy atom. The Morgan fingerprint density at radius 1 is 1.26 bits per heavy atom. The fraction of sp³-hybridized carbons (Fsp3) is 0.579. The van der Waals surface area contributed by atoms with Crippen molar-refractivity contribution in [3.63, 3.8) is 0 Å². The van der Waals surface area contributed by atoms with Crippen molar-refractivity contribution in [3.05, 3.63) is 34.4 Å². The average molecular weight is 354 g/mol. The molecule has 1 amide bonds. The predicted molar refractivity (Wildman–Crippen MR) is 104 cm³/mol. The first kappa shape index (κ1) is 18.7. The quantitative estimate of drug-likeness (QED) is 0.489. The van der Waals surface area contributed by atoms with E-state index in [0.29, 0.717) is 0 Å². The van der Waals surface area contributed by atoms with E-state index >= 15 is 0 Å². The van der Waals surface area contributed by atoms with E-state index in [1.807, 2.05) is 26.0 Å². The third kappa shape index (κ3) is 3.05. The number of rotatable bonds is 6. The average Bonchev–Trinajstić information content (AvgIpc) is 2.46. The smallest absolute Gasteiger partial charge is 0.265 e. The Kier molecular flexibility index (Phi) is 5.80. The Balaban J connectivity index is 2.35. The summed E-state index contributed by atoms with van der Waals surface area (Å²) < 4.78 is 0. The lowest BCUT2D eigenvalue weighted by Crippen LogP contribution is -2.51. The molecular formula is C19H29ClNOP. The number of halogens is 1. The van der Waals surface area contributed by atoms with E-state index in [-0.39, 0.29) is 11.1 Å². The molecule has 0 aromatic heterocycles. The van der Waals surface area contributed by atoms with Crippen molar-refractivity contribution in [2.24, 2.45) is 0 Å². The Labute approximate surface area is 146 Å². The topological polar surface area (TPSA) is 29.1 Å². The largest absolute Gasteiger partial charge is 0.322 e. The summed E-state index contributed by atoms with van der Waals surface area (Å²) in [7, 11) is -1.37.